The van der Waals surface area contributed by atoms with Crippen LogP contribution in [0.15, 0.2) is 30.3 Å². The molecule has 0 radical (unpaired) electrons. The Hall–Kier alpha value is -3.31. The lowest BCUT2D eigenvalue weighted by Crippen LogP contribution is -2.14. The molecular weight excluding hydrogens is 370 g/mol. The van der Waals surface area contributed by atoms with E-state index in [0.717, 1.165) is 5.56 Å². The van der Waals surface area contributed by atoms with Crippen molar-refractivity contribution in [2.75, 3.05) is 12.4 Å². The maximum absolute atomic E-state index is 12.9. The molecule has 0 amide bonds. The van der Waals surface area contributed by atoms with Gasteiger partial charge in [-0.2, -0.15) is 13.2 Å². The van der Waals surface area contributed by atoms with Gasteiger partial charge in [-0.25, -0.2) is 19.0 Å². The number of hydrogen-bond acceptors (Lipinski definition) is 7. The highest BCUT2D eigenvalue weighted by Gasteiger charge is 2.33. The number of tetrazole rings is 1. The monoisotopic (exact) mass is 383 g/mol. The van der Waals surface area contributed by atoms with Gasteiger partial charge in [-0.15, -0.1) is 0 Å². The maximum Gasteiger partial charge on any atom is 0.433 e. The third kappa shape index (κ3) is 4.46. The van der Waals surface area contributed by atoms with Gasteiger partial charge in [0.15, 0.2) is 0 Å². The Kier molecular flexibility index (Phi) is 5.14. The second-order valence-corrected chi connectivity index (χ2v) is 5.33. The van der Waals surface area contributed by atoms with Crippen molar-refractivity contribution >= 4 is 11.9 Å². The standard InChI is InChI=1S/C15H13F4N7O/c1-27-11-4-2-9(3-5-11)8-26-14(23-24-25-26)22-13-20-10(7-16)6-12(21-13)15(17,18)19/h2-6H,7-8H2,1H3,(H,20,21,22,23,25). The van der Waals surface area contributed by atoms with Crippen molar-refractivity contribution in [3.05, 3.63) is 47.3 Å². The summed E-state index contributed by atoms with van der Waals surface area (Å²) in [7, 11) is 1.54. The number of hydrogen-bond donors (Lipinski definition) is 1. The molecule has 0 bridgehead atoms. The number of alkyl halides is 4. The predicted molar refractivity (Wildman–Crippen MR) is 85.0 cm³/mol. The van der Waals surface area contributed by atoms with Crippen molar-refractivity contribution in [3.63, 3.8) is 0 Å². The number of nitrogens with zero attached hydrogens (tertiary/aromatic N) is 6. The van der Waals surface area contributed by atoms with E-state index in [0.29, 0.717) is 11.8 Å². The van der Waals surface area contributed by atoms with Crippen LogP contribution >= 0.6 is 0 Å². The zero-order valence-electron chi connectivity index (χ0n) is 13.9. The highest BCUT2D eigenvalue weighted by Crippen LogP contribution is 2.29. The van der Waals surface area contributed by atoms with Gasteiger partial charge in [0.2, 0.25) is 11.9 Å². The van der Waals surface area contributed by atoms with Gasteiger partial charge in [-0.1, -0.05) is 17.2 Å². The molecule has 1 N–H and O–H groups in total. The van der Waals surface area contributed by atoms with Crippen LogP contribution < -0.4 is 10.1 Å². The minimum Gasteiger partial charge on any atom is -0.497 e. The molecule has 2 heterocycles. The molecule has 12 heteroatoms. The van der Waals surface area contributed by atoms with Gasteiger partial charge >= 0.3 is 6.18 Å². The van der Waals surface area contributed by atoms with Crippen LogP contribution in [0.4, 0.5) is 29.5 Å². The van der Waals surface area contributed by atoms with Crippen LogP contribution in [0.3, 0.4) is 0 Å². The Balaban J connectivity index is 1.83. The van der Waals surface area contributed by atoms with Crippen molar-refractivity contribution < 1.29 is 22.3 Å². The zero-order chi connectivity index (χ0) is 19.4. The van der Waals surface area contributed by atoms with Crippen LogP contribution in [0, 0.1) is 0 Å². The SMILES string of the molecule is COc1ccc(Cn2nnnc2Nc2nc(CF)cc(C(F)(F)F)n2)cc1. The number of aromatic nitrogens is 6. The second-order valence-electron chi connectivity index (χ2n) is 5.33. The summed E-state index contributed by atoms with van der Waals surface area (Å²) in [5.41, 5.74) is -0.851. The number of ether oxygens (including phenoxy) is 1. The van der Waals surface area contributed by atoms with Crippen molar-refractivity contribution in [2.24, 2.45) is 0 Å². The fraction of sp³-hybridized carbons (Fsp3) is 0.267. The third-order valence-corrected chi connectivity index (χ3v) is 3.45. The number of halogens is 4. The maximum atomic E-state index is 12.9. The van der Waals surface area contributed by atoms with Crippen LogP contribution in [0.1, 0.15) is 17.0 Å². The first-order valence-electron chi connectivity index (χ1n) is 7.56. The Bertz CT molecular complexity index is 911. The first-order chi connectivity index (χ1) is 12.9. The molecule has 0 aliphatic heterocycles. The van der Waals surface area contributed by atoms with E-state index < -0.39 is 30.2 Å². The molecule has 0 unspecified atom stereocenters. The van der Waals surface area contributed by atoms with Crippen molar-refractivity contribution in [3.8, 4) is 5.75 Å². The molecule has 27 heavy (non-hydrogen) atoms. The summed E-state index contributed by atoms with van der Waals surface area (Å²) >= 11 is 0. The van der Waals surface area contributed by atoms with Crippen molar-refractivity contribution in [1.82, 2.24) is 30.2 Å². The van der Waals surface area contributed by atoms with Gasteiger partial charge in [-0.05, 0) is 34.2 Å². The fourth-order valence-corrected chi connectivity index (χ4v) is 2.17. The van der Waals surface area contributed by atoms with Gasteiger partial charge in [0.25, 0.3) is 0 Å². The molecule has 0 spiro atoms. The van der Waals surface area contributed by atoms with Crippen LogP contribution in [0.5, 0.6) is 5.75 Å². The fourth-order valence-electron chi connectivity index (χ4n) is 2.17. The lowest BCUT2D eigenvalue weighted by atomic mass is 10.2. The van der Waals surface area contributed by atoms with Gasteiger partial charge in [0.1, 0.15) is 18.1 Å². The van der Waals surface area contributed by atoms with Crippen LogP contribution in [0.25, 0.3) is 0 Å². The molecular formula is C15H13F4N7O. The Morgan fingerprint density at radius 1 is 1.15 bits per heavy atom. The molecule has 0 aliphatic rings. The first kappa shape index (κ1) is 18.5. The number of anilines is 2. The largest absolute Gasteiger partial charge is 0.497 e. The molecule has 0 saturated heterocycles. The topological polar surface area (TPSA) is 90.6 Å². The van der Waals surface area contributed by atoms with E-state index in [9.17, 15) is 17.6 Å². The Morgan fingerprint density at radius 3 is 2.52 bits per heavy atom. The summed E-state index contributed by atoms with van der Waals surface area (Å²) in [6.45, 7) is -0.939. The van der Waals surface area contributed by atoms with E-state index in [-0.39, 0.29) is 12.5 Å². The molecule has 142 valence electrons. The van der Waals surface area contributed by atoms with E-state index in [2.05, 4.69) is 30.8 Å². The molecule has 8 nitrogen and oxygen atoms in total. The quantitative estimate of drug-likeness (QED) is 0.655. The summed E-state index contributed by atoms with van der Waals surface area (Å²) in [5, 5.41) is 13.5. The summed E-state index contributed by atoms with van der Waals surface area (Å²) in [6.07, 6.45) is -4.74. The molecule has 0 fully saturated rings. The summed E-state index contributed by atoms with van der Waals surface area (Å²) < 4.78 is 57.9. The summed E-state index contributed by atoms with van der Waals surface area (Å²) in [4.78, 5) is 7.05. The van der Waals surface area contributed by atoms with Crippen LogP contribution in [-0.4, -0.2) is 37.3 Å². The minimum absolute atomic E-state index is 0.00921. The minimum atomic E-state index is -4.74. The van der Waals surface area contributed by atoms with E-state index in [1.54, 1.807) is 31.4 Å². The molecule has 0 aliphatic carbocycles. The Labute approximate surface area is 150 Å². The first-order valence-corrected chi connectivity index (χ1v) is 7.56. The van der Waals surface area contributed by atoms with Gasteiger partial charge in [-0.3, -0.25) is 5.32 Å². The molecule has 2 aromatic heterocycles. The zero-order valence-corrected chi connectivity index (χ0v) is 13.9. The third-order valence-electron chi connectivity index (χ3n) is 3.45. The van der Waals surface area contributed by atoms with Crippen LogP contribution in [-0.2, 0) is 19.4 Å². The van der Waals surface area contributed by atoms with E-state index in [1.165, 1.54) is 4.68 Å². The van der Waals surface area contributed by atoms with E-state index >= 15 is 0 Å². The van der Waals surface area contributed by atoms with Gasteiger partial charge in [0.05, 0.1) is 19.3 Å². The van der Waals surface area contributed by atoms with Crippen molar-refractivity contribution in [2.45, 2.75) is 19.4 Å². The number of benzene rings is 1. The average Bonchev–Trinajstić information content (AvgIpc) is 3.08. The van der Waals surface area contributed by atoms with Crippen molar-refractivity contribution in [1.29, 1.82) is 0 Å². The molecule has 3 rings (SSSR count). The molecule has 3 aromatic rings. The second kappa shape index (κ2) is 7.51. The van der Waals surface area contributed by atoms with Gasteiger partial charge in [0, 0.05) is 0 Å². The van der Waals surface area contributed by atoms with Crippen LogP contribution in [0.2, 0.25) is 0 Å². The molecule has 1 aromatic carbocycles. The summed E-state index contributed by atoms with van der Waals surface area (Å²) in [5.74, 6) is 0.225. The van der Waals surface area contributed by atoms with E-state index in [1.807, 2.05) is 0 Å². The molecule has 0 atom stereocenters. The average molecular weight is 383 g/mol. The lowest BCUT2D eigenvalue weighted by molar-refractivity contribution is -0.141. The van der Waals surface area contributed by atoms with Gasteiger partial charge < -0.3 is 4.74 Å². The summed E-state index contributed by atoms with van der Waals surface area (Å²) in [6, 6.07) is 7.61. The Morgan fingerprint density at radius 2 is 1.89 bits per heavy atom. The smallest absolute Gasteiger partial charge is 0.433 e. The predicted octanol–water partition coefficient (Wildman–Crippen LogP) is 2.75. The number of methoxy groups -OCH3 is 1. The normalized spacial score (nSPS) is 11.4. The molecule has 0 saturated carbocycles. The number of rotatable bonds is 6. The highest BCUT2D eigenvalue weighted by atomic mass is 19.4. The highest BCUT2D eigenvalue weighted by molar-refractivity contribution is 5.43. The lowest BCUT2D eigenvalue weighted by Gasteiger charge is -2.10. The number of nitrogens with one attached hydrogen (secondary N) is 1. The van der Waals surface area contributed by atoms with E-state index in [4.69, 9.17) is 4.74 Å².